The molecule has 2 heterocycles. The fourth-order valence-corrected chi connectivity index (χ4v) is 2.90. The molecule has 1 aromatic carbocycles. The van der Waals surface area contributed by atoms with Gasteiger partial charge in [-0.3, -0.25) is 0 Å². The minimum Gasteiger partial charge on any atom is -0.438 e. The second-order valence-electron chi connectivity index (χ2n) is 6.47. The highest BCUT2D eigenvalue weighted by atomic mass is 79.9. The molecule has 0 amide bonds. The second-order valence-corrected chi connectivity index (χ2v) is 8.18. The molecule has 0 unspecified atom stereocenters. The van der Waals surface area contributed by atoms with Crippen molar-refractivity contribution in [3.63, 3.8) is 0 Å². The van der Waals surface area contributed by atoms with Crippen LogP contribution in [-0.2, 0) is 6.54 Å². The second kappa shape index (κ2) is 6.20. The highest BCUT2D eigenvalue weighted by molar-refractivity contribution is 9.11. The first kappa shape index (κ1) is 16.4. The van der Waals surface area contributed by atoms with Gasteiger partial charge >= 0.3 is 0 Å². The topological polar surface area (TPSA) is 52.8 Å². The van der Waals surface area contributed by atoms with E-state index in [9.17, 15) is 0 Å². The van der Waals surface area contributed by atoms with E-state index < -0.39 is 0 Å². The molecule has 0 saturated heterocycles. The molecule has 0 spiro atoms. The summed E-state index contributed by atoms with van der Waals surface area (Å²) in [5, 5.41) is 8.54. The van der Waals surface area contributed by atoms with Crippen molar-refractivity contribution in [2.75, 3.05) is 0 Å². The molecule has 0 aliphatic heterocycles. The van der Waals surface area contributed by atoms with Gasteiger partial charge < -0.3 is 4.74 Å². The van der Waals surface area contributed by atoms with E-state index in [1.807, 2.05) is 22.9 Å². The summed E-state index contributed by atoms with van der Waals surface area (Å²) in [5.74, 6) is 1.19. The van der Waals surface area contributed by atoms with Gasteiger partial charge in [-0.1, -0.05) is 26.0 Å². The van der Waals surface area contributed by atoms with Gasteiger partial charge in [0.05, 0.1) is 9.99 Å². The van der Waals surface area contributed by atoms with Crippen LogP contribution < -0.4 is 4.74 Å². The number of hydrogen-bond donors (Lipinski definition) is 0. The van der Waals surface area contributed by atoms with Crippen LogP contribution in [0.2, 0.25) is 0 Å². The predicted octanol–water partition coefficient (Wildman–Crippen LogP) is 5.19. The fourth-order valence-electron chi connectivity index (χ4n) is 2.17. The Morgan fingerprint density at radius 2 is 1.91 bits per heavy atom. The third-order valence-electron chi connectivity index (χ3n) is 3.13. The average Bonchev–Trinajstić information content (AvgIpc) is 2.86. The van der Waals surface area contributed by atoms with Crippen LogP contribution in [0, 0.1) is 5.41 Å². The number of aromatic nitrogens is 4. The molecule has 0 atom stereocenters. The van der Waals surface area contributed by atoms with Crippen molar-refractivity contribution in [3.05, 3.63) is 39.4 Å². The van der Waals surface area contributed by atoms with Crippen molar-refractivity contribution in [1.29, 1.82) is 0 Å². The van der Waals surface area contributed by atoms with Crippen molar-refractivity contribution in [1.82, 2.24) is 20.0 Å². The fraction of sp³-hybridized carbons (Fsp3) is 0.312. The van der Waals surface area contributed by atoms with Crippen LogP contribution in [0.4, 0.5) is 0 Å². The molecule has 0 bridgehead atoms. The first-order chi connectivity index (χ1) is 10.8. The summed E-state index contributed by atoms with van der Waals surface area (Å²) >= 11 is 6.93. The van der Waals surface area contributed by atoms with Crippen LogP contribution in [0.3, 0.4) is 0 Å². The Morgan fingerprint density at radius 3 is 2.57 bits per heavy atom. The van der Waals surface area contributed by atoms with Crippen molar-refractivity contribution < 1.29 is 4.74 Å². The molecule has 0 aliphatic carbocycles. The third kappa shape index (κ3) is 3.72. The summed E-state index contributed by atoms with van der Waals surface area (Å²) in [6.07, 6.45) is 1.70. The van der Waals surface area contributed by atoms with Gasteiger partial charge in [0.15, 0.2) is 0 Å². The lowest BCUT2D eigenvalue weighted by molar-refractivity contribution is 0.327. The van der Waals surface area contributed by atoms with Gasteiger partial charge in [0, 0.05) is 23.3 Å². The number of ether oxygens (including phenoxy) is 1. The zero-order valence-electron chi connectivity index (χ0n) is 13.0. The summed E-state index contributed by atoms with van der Waals surface area (Å²) in [5.41, 5.74) is 1.88. The lowest BCUT2D eigenvalue weighted by atomic mass is 9.97. The zero-order chi connectivity index (χ0) is 16.6. The van der Waals surface area contributed by atoms with Crippen LogP contribution in [-0.4, -0.2) is 20.0 Å². The van der Waals surface area contributed by atoms with Gasteiger partial charge in [-0.25, -0.2) is 9.67 Å². The average molecular weight is 440 g/mol. The molecule has 7 heteroatoms. The Labute approximate surface area is 151 Å². The summed E-state index contributed by atoms with van der Waals surface area (Å²) in [4.78, 5) is 4.22. The normalized spacial score (nSPS) is 11.9. The zero-order valence-corrected chi connectivity index (χ0v) is 16.2. The SMILES string of the molecule is CC(C)(C)Cn1nnc2c(Br)c(Oc3ccc(Br)cn3)ccc21. The molecule has 0 fully saturated rings. The minimum atomic E-state index is 0.129. The Balaban J connectivity index is 1.95. The van der Waals surface area contributed by atoms with Gasteiger partial charge in [-0.05, 0) is 55.5 Å². The third-order valence-corrected chi connectivity index (χ3v) is 4.36. The van der Waals surface area contributed by atoms with E-state index in [4.69, 9.17) is 4.74 Å². The van der Waals surface area contributed by atoms with E-state index in [0.29, 0.717) is 11.6 Å². The highest BCUT2D eigenvalue weighted by Gasteiger charge is 2.17. The predicted molar refractivity (Wildman–Crippen MR) is 96.7 cm³/mol. The van der Waals surface area contributed by atoms with E-state index in [0.717, 1.165) is 26.5 Å². The van der Waals surface area contributed by atoms with Gasteiger partial charge in [-0.15, -0.1) is 5.10 Å². The number of benzene rings is 1. The number of hydrogen-bond acceptors (Lipinski definition) is 4. The Morgan fingerprint density at radius 1 is 1.13 bits per heavy atom. The number of pyridine rings is 1. The largest absolute Gasteiger partial charge is 0.438 e. The summed E-state index contributed by atoms with van der Waals surface area (Å²) in [6, 6.07) is 7.56. The molecule has 0 aliphatic rings. The number of rotatable bonds is 3. The Kier molecular flexibility index (Phi) is 4.42. The van der Waals surface area contributed by atoms with Gasteiger partial charge in [0.2, 0.25) is 5.88 Å². The van der Waals surface area contributed by atoms with Gasteiger partial charge in [0.1, 0.15) is 11.3 Å². The first-order valence-electron chi connectivity index (χ1n) is 7.15. The maximum atomic E-state index is 5.83. The molecular weight excluding hydrogens is 424 g/mol. The Bertz CT molecular complexity index is 838. The van der Waals surface area contributed by atoms with Crippen LogP contribution in [0.25, 0.3) is 11.0 Å². The molecule has 0 N–H and O–H groups in total. The quantitative estimate of drug-likeness (QED) is 0.563. The van der Waals surface area contributed by atoms with Crippen molar-refractivity contribution >= 4 is 42.9 Å². The van der Waals surface area contributed by atoms with E-state index in [1.165, 1.54) is 0 Å². The monoisotopic (exact) mass is 438 g/mol. The maximum absolute atomic E-state index is 5.83. The molecule has 0 radical (unpaired) electrons. The van der Waals surface area contributed by atoms with Crippen LogP contribution in [0.1, 0.15) is 20.8 Å². The van der Waals surface area contributed by atoms with Crippen LogP contribution in [0.15, 0.2) is 39.4 Å². The number of halogens is 2. The highest BCUT2D eigenvalue weighted by Crippen LogP contribution is 2.35. The van der Waals surface area contributed by atoms with Crippen molar-refractivity contribution in [2.45, 2.75) is 27.3 Å². The standard InChI is InChI=1S/C16H16Br2N4O/c1-16(2,3)9-22-11-5-6-12(14(18)15(11)20-21-22)23-13-7-4-10(17)8-19-13/h4-8H,9H2,1-3H3. The lowest BCUT2D eigenvalue weighted by Crippen LogP contribution is -2.16. The summed E-state index contributed by atoms with van der Waals surface area (Å²) in [6.45, 7) is 7.31. The molecule has 120 valence electrons. The summed E-state index contributed by atoms with van der Waals surface area (Å²) < 4.78 is 9.43. The van der Waals surface area contributed by atoms with E-state index >= 15 is 0 Å². The van der Waals surface area contributed by atoms with E-state index in [-0.39, 0.29) is 5.41 Å². The first-order valence-corrected chi connectivity index (χ1v) is 8.73. The molecule has 0 saturated carbocycles. The number of fused-ring (bicyclic) bond motifs is 1. The molecule has 5 nitrogen and oxygen atoms in total. The summed E-state index contributed by atoms with van der Waals surface area (Å²) in [7, 11) is 0. The smallest absolute Gasteiger partial charge is 0.219 e. The molecule has 3 rings (SSSR count). The lowest BCUT2D eigenvalue weighted by Gasteiger charge is -2.17. The van der Waals surface area contributed by atoms with Gasteiger partial charge in [0.25, 0.3) is 0 Å². The van der Waals surface area contributed by atoms with Crippen LogP contribution in [0.5, 0.6) is 11.6 Å². The van der Waals surface area contributed by atoms with Crippen molar-refractivity contribution in [2.24, 2.45) is 5.41 Å². The molecular formula is C16H16Br2N4O. The number of nitrogens with zero attached hydrogens (tertiary/aromatic N) is 4. The van der Waals surface area contributed by atoms with E-state index in [1.54, 1.807) is 12.3 Å². The van der Waals surface area contributed by atoms with Crippen molar-refractivity contribution in [3.8, 4) is 11.6 Å². The maximum Gasteiger partial charge on any atom is 0.219 e. The van der Waals surface area contributed by atoms with Crippen LogP contribution >= 0.6 is 31.9 Å². The molecule has 2 aromatic heterocycles. The molecule has 3 aromatic rings. The minimum absolute atomic E-state index is 0.129. The van der Waals surface area contributed by atoms with E-state index in [2.05, 4.69) is 67.9 Å². The van der Waals surface area contributed by atoms with Gasteiger partial charge in [-0.2, -0.15) is 0 Å². The molecule has 23 heavy (non-hydrogen) atoms. The Hall–Kier alpha value is -1.47.